The zero-order valence-electron chi connectivity index (χ0n) is 10.9. The molecule has 0 amide bonds. The number of aryl methyl sites for hydroxylation is 1. The van der Waals surface area contributed by atoms with Crippen molar-refractivity contribution in [2.24, 2.45) is 0 Å². The van der Waals surface area contributed by atoms with Gasteiger partial charge in [-0.1, -0.05) is 5.16 Å². The van der Waals surface area contributed by atoms with Crippen LogP contribution in [0.15, 0.2) is 22.7 Å². The van der Waals surface area contributed by atoms with Crippen LogP contribution < -0.4 is 5.73 Å². The molecule has 1 aliphatic heterocycles. The van der Waals surface area contributed by atoms with Gasteiger partial charge in [-0.2, -0.15) is 4.98 Å². The van der Waals surface area contributed by atoms with Crippen molar-refractivity contribution in [3.05, 3.63) is 29.6 Å². The van der Waals surface area contributed by atoms with Crippen LogP contribution >= 0.6 is 0 Å². The summed E-state index contributed by atoms with van der Waals surface area (Å²) < 4.78 is 10.7. The van der Waals surface area contributed by atoms with E-state index in [0.29, 0.717) is 11.8 Å². The van der Waals surface area contributed by atoms with E-state index < -0.39 is 0 Å². The van der Waals surface area contributed by atoms with Crippen molar-refractivity contribution in [2.75, 3.05) is 18.9 Å². The minimum atomic E-state index is 0.348. The molecule has 19 heavy (non-hydrogen) atoms. The number of hydrogen-bond acceptors (Lipinski definition) is 5. The summed E-state index contributed by atoms with van der Waals surface area (Å²) in [5, 5.41) is 4.10. The lowest BCUT2D eigenvalue weighted by Gasteiger charge is -2.18. The van der Waals surface area contributed by atoms with Gasteiger partial charge in [0.25, 0.3) is 5.89 Å². The van der Waals surface area contributed by atoms with Gasteiger partial charge in [0, 0.05) is 30.4 Å². The number of ether oxygens (including phenoxy) is 1. The first-order valence-electron chi connectivity index (χ1n) is 6.52. The fourth-order valence-electron chi connectivity index (χ4n) is 2.28. The second-order valence-corrected chi connectivity index (χ2v) is 4.92. The van der Waals surface area contributed by atoms with Gasteiger partial charge in [0.15, 0.2) is 5.82 Å². The molecule has 0 saturated carbocycles. The van der Waals surface area contributed by atoms with E-state index in [1.54, 1.807) is 0 Å². The molecule has 1 saturated heterocycles. The average molecular weight is 259 g/mol. The van der Waals surface area contributed by atoms with Crippen LogP contribution in [0.2, 0.25) is 0 Å². The summed E-state index contributed by atoms with van der Waals surface area (Å²) in [5.41, 5.74) is 8.51. The molecule has 5 nitrogen and oxygen atoms in total. The SMILES string of the molecule is Cc1cc(-c2nc(C3CCOCC3)no2)ccc1N. The number of rotatable bonds is 2. The summed E-state index contributed by atoms with van der Waals surface area (Å²) in [6, 6.07) is 5.74. The molecule has 1 aliphatic rings. The average Bonchev–Trinajstić information content (AvgIpc) is 2.93. The molecule has 0 aliphatic carbocycles. The number of nitrogens with two attached hydrogens (primary N) is 1. The molecule has 5 heteroatoms. The summed E-state index contributed by atoms with van der Waals surface area (Å²) in [6.45, 7) is 3.51. The Morgan fingerprint density at radius 3 is 2.79 bits per heavy atom. The Bertz CT molecular complexity index is 574. The molecule has 1 fully saturated rings. The summed E-state index contributed by atoms with van der Waals surface area (Å²) in [5.74, 6) is 1.69. The normalized spacial score (nSPS) is 16.7. The molecule has 0 radical (unpaired) electrons. The lowest BCUT2D eigenvalue weighted by molar-refractivity contribution is 0.0830. The van der Waals surface area contributed by atoms with Gasteiger partial charge in [-0.25, -0.2) is 0 Å². The summed E-state index contributed by atoms with van der Waals surface area (Å²) in [4.78, 5) is 4.50. The first kappa shape index (κ1) is 12.2. The third kappa shape index (κ3) is 2.46. The first-order chi connectivity index (χ1) is 9.24. The monoisotopic (exact) mass is 259 g/mol. The molecule has 2 heterocycles. The highest BCUT2D eigenvalue weighted by atomic mass is 16.5. The van der Waals surface area contributed by atoms with Crippen molar-refractivity contribution in [1.29, 1.82) is 0 Å². The van der Waals surface area contributed by atoms with Crippen LogP contribution in [0.1, 0.15) is 30.1 Å². The Kier molecular flexibility index (Phi) is 3.21. The standard InChI is InChI=1S/C14H17N3O2/c1-9-8-11(2-3-12(9)15)14-16-13(17-19-14)10-4-6-18-7-5-10/h2-3,8,10H,4-7,15H2,1H3. The van der Waals surface area contributed by atoms with E-state index in [2.05, 4.69) is 10.1 Å². The minimum Gasteiger partial charge on any atom is -0.399 e. The fourth-order valence-corrected chi connectivity index (χ4v) is 2.28. The zero-order valence-corrected chi connectivity index (χ0v) is 10.9. The number of hydrogen-bond donors (Lipinski definition) is 1. The van der Waals surface area contributed by atoms with E-state index in [4.69, 9.17) is 15.0 Å². The molecule has 3 rings (SSSR count). The topological polar surface area (TPSA) is 74.2 Å². The largest absolute Gasteiger partial charge is 0.399 e. The van der Waals surface area contributed by atoms with Crippen LogP contribution in [-0.2, 0) is 4.74 Å². The fraction of sp³-hybridized carbons (Fsp3) is 0.429. The summed E-state index contributed by atoms with van der Waals surface area (Å²) >= 11 is 0. The highest BCUT2D eigenvalue weighted by molar-refractivity contribution is 5.60. The lowest BCUT2D eigenvalue weighted by Crippen LogP contribution is -2.15. The maximum atomic E-state index is 5.81. The van der Waals surface area contributed by atoms with Gasteiger partial charge in [-0.05, 0) is 43.5 Å². The smallest absolute Gasteiger partial charge is 0.257 e. The van der Waals surface area contributed by atoms with E-state index in [0.717, 1.165) is 48.7 Å². The van der Waals surface area contributed by atoms with E-state index in [1.165, 1.54) is 0 Å². The van der Waals surface area contributed by atoms with Gasteiger partial charge >= 0.3 is 0 Å². The van der Waals surface area contributed by atoms with Crippen LogP contribution in [0.4, 0.5) is 5.69 Å². The molecule has 100 valence electrons. The van der Waals surface area contributed by atoms with Crippen LogP contribution in [0.25, 0.3) is 11.5 Å². The van der Waals surface area contributed by atoms with Crippen LogP contribution in [0, 0.1) is 6.92 Å². The zero-order chi connectivity index (χ0) is 13.2. The Morgan fingerprint density at radius 1 is 1.26 bits per heavy atom. The molecule has 1 aromatic heterocycles. The molecule has 0 bridgehead atoms. The van der Waals surface area contributed by atoms with Crippen molar-refractivity contribution in [3.63, 3.8) is 0 Å². The van der Waals surface area contributed by atoms with E-state index in [-0.39, 0.29) is 0 Å². The Morgan fingerprint density at radius 2 is 2.05 bits per heavy atom. The summed E-state index contributed by atoms with van der Waals surface area (Å²) in [6.07, 6.45) is 1.92. The first-order valence-corrected chi connectivity index (χ1v) is 6.52. The van der Waals surface area contributed by atoms with Crippen molar-refractivity contribution in [2.45, 2.75) is 25.7 Å². The van der Waals surface area contributed by atoms with Crippen molar-refractivity contribution >= 4 is 5.69 Å². The predicted octanol–water partition coefficient (Wildman–Crippen LogP) is 2.52. The molecular formula is C14H17N3O2. The Labute approximate surface area is 111 Å². The van der Waals surface area contributed by atoms with Crippen LogP contribution in [-0.4, -0.2) is 23.4 Å². The number of benzene rings is 1. The van der Waals surface area contributed by atoms with Gasteiger partial charge in [-0.3, -0.25) is 0 Å². The molecule has 0 unspecified atom stereocenters. The Hall–Kier alpha value is -1.88. The second-order valence-electron chi connectivity index (χ2n) is 4.92. The molecule has 0 spiro atoms. The Balaban J connectivity index is 1.85. The second kappa shape index (κ2) is 5.01. The molecule has 2 aromatic rings. The highest BCUT2D eigenvalue weighted by Gasteiger charge is 2.21. The number of anilines is 1. The predicted molar refractivity (Wildman–Crippen MR) is 71.7 cm³/mol. The van der Waals surface area contributed by atoms with E-state index >= 15 is 0 Å². The van der Waals surface area contributed by atoms with Gasteiger partial charge in [0.2, 0.25) is 0 Å². The van der Waals surface area contributed by atoms with Crippen molar-refractivity contribution in [3.8, 4) is 11.5 Å². The van der Waals surface area contributed by atoms with Gasteiger partial charge in [0.1, 0.15) is 0 Å². The lowest BCUT2D eigenvalue weighted by atomic mass is 10.00. The number of nitrogens with zero attached hydrogens (tertiary/aromatic N) is 2. The van der Waals surface area contributed by atoms with Crippen LogP contribution in [0.5, 0.6) is 0 Å². The van der Waals surface area contributed by atoms with Gasteiger partial charge < -0.3 is 15.0 Å². The maximum absolute atomic E-state index is 5.81. The third-order valence-corrected chi connectivity index (χ3v) is 3.54. The van der Waals surface area contributed by atoms with Gasteiger partial charge in [-0.15, -0.1) is 0 Å². The van der Waals surface area contributed by atoms with Crippen molar-refractivity contribution in [1.82, 2.24) is 10.1 Å². The van der Waals surface area contributed by atoms with Crippen LogP contribution in [0.3, 0.4) is 0 Å². The van der Waals surface area contributed by atoms with E-state index in [9.17, 15) is 0 Å². The molecule has 1 aromatic carbocycles. The number of nitrogen functional groups attached to an aromatic ring is 1. The minimum absolute atomic E-state index is 0.348. The highest BCUT2D eigenvalue weighted by Crippen LogP contribution is 2.27. The molecule has 0 atom stereocenters. The van der Waals surface area contributed by atoms with E-state index in [1.807, 2.05) is 25.1 Å². The summed E-state index contributed by atoms with van der Waals surface area (Å²) in [7, 11) is 0. The molecular weight excluding hydrogens is 242 g/mol. The third-order valence-electron chi connectivity index (χ3n) is 3.54. The quantitative estimate of drug-likeness (QED) is 0.839. The number of aromatic nitrogens is 2. The van der Waals surface area contributed by atoms with Crippen molar-refractivity contribution < 1.29 is 9.26 Å². The molecule has 2 N–H and O–H groups in total. The maximum Gasteiger partial charge on any atom is 0.257 e. The van der Waals surface area contributed by atoms with Gasteiger partial charge in [0.05, 0.1) is 0 Å².